The summed E-state index contributed by atoms with van der Waals surface area (Å²) in [6.07, 6.45) is 0.910. The normalized spacial score (nSPS) is 14.5. The maximum absolute atomic E-state index is 10.4. The molecule has 0 amide bonds. The lowest BCUT2D eigenvalue weighted by molar-refractivity contribution is 0.0108. The van der Waals surface area contributed by atoms with Crippen LogP contribution in [0.3, 0.4) is 0 Å². The van der Waals surface area contributed by atoms with Crippen LogP contribution in [0.5, 0.6) is 0 Å². The van der Waals surface area contributed by atoms with E-state index in [1.807, 2.05) is 39.8 Å². The number of aromatic nitrogens is 2. The second-order valence-electron chi connectivity index (χ2n) is 4.64. The molecule has 1 rings (SSSR count). The second kappa shape index (κ2) is 4.73. The van der Waals surface area contributed by atoms with Crippen LogP contribution < -0.4 is 0 Å². The molecule has 1 aromatic heterocycles. The molecule has 0 saturated carbocycles. The van der Waals surface area contributed by atoms with E-state index in [1.165, 1.54) is 0 Å². The lowest BCUT2D eigenvalue weighted by atomic mass is 9.93. The summed E-state index contributed by atoms with van der Waals surface area (Å²) in [6.45, 7) is 6.62. The molecular formula is C11H20ClN3O. The topological polar surface area (TPSA) is 41.3 Å². The smallest absolute Gasteiger partial charge is 0.115 e. The number of hydrogen-bond donors (Lipinski definition) is 1. The van der Waals surface area contributed by atoms with E-state index < -0.39 is 11.6 Å². The monoisotopic (exact) mass is 245 g/mol. The highest BCUT2D eigenvalue weighted by molar-refractivity contribution is 6.31. The van der Waals surface area contributed by atoms with Crippen molar-refractivity contribution in [3.63, 3.8) is 0 Å². The average Bonchev–Trinajstić information content (AvgIpc) is 2.57. The Hall–Kier alpha value is -0.580. The molecule has 1 atom stereocenters. The Bertz CT molecular complexity index is 360. The Morgan fingerprint density at radius 2 is 2.12 bits per heavy atom. The predicted octanol–water partition coefficient (Wildman–Crippen LogP) is 1.93. The fourth-order valence-electron chi connectivity index (χ4n) is 1.47. The molecule has 92 valence electrons. The van der Waals surface area contributed by atoms with Gasteiger partial charge in [-0.3, -0.25) is 4.68 Å². The molecule has 0 fully saturated rings. The lowest BCUT2D eigenvalue weighted by Crippen LogP contribution is -2.44. The number of hydrogen-bond acceptors (Lipinski definition) is 3. The Balaban J connectivity index is 3.13. The number of aryl methyl sites for hydroxylation is 1. The summed E-state index contributed by atoms with van der Waals surface area (Å²) in [5, 5.41) is 15.1. The van der Waals surface area contributed by atoms with Gasteiger partial charge in [-0.15, -0.1) is 0 Å². The summed E-state index contributed by atoms with van der Waals surface area (Å²) in [7, 11) is 3.87. The van der Waals surface area contributed by atoms with Gasteiger partial charge in [-0.25, -0.2) is 0 Å². The highest BCUT2D eigenvalue weighted by Gasteiger charge is 2.34. The first-order valence-corrected chi connectivity index (χ1v) is 5.76. The Morgan fingerprint density at radius 3 is 2.56 bits per heavy atom. The zero-order valence-corrected chi connectivity index (χ0v) is 11.3. The van der Waals surface area contributed by atoms with Crippen LogP contribution in [0.15, 0.2) is 6.20 Å². The minimum absolute atomic E-state index is 0.392. The predicted molar refractivity (Wildman–Crippen MR) is 65.6 cm³/mol. The van der Waals surface area contributed by atoms with Crippen molar-refractivity contribution in [1.29, 1.82) is 0 Å². The summed E-state index contributed by atoms with van der Waals surface area (Å²) >= 11 is 6.07. The molecule has 1 unspecified atom stereocenters. The molecule has 4 nitrogen and oxygen atoms in total. The summed E-state index contributed by atoms with van der Waals surface area (Å²) in [5.41, 5.74) is 0.291. The van der Waals surface area contributed by atoms with Gasteiger partial charge in [0.25, 0.3) is 0 Å². The van der Waals surface area contributed by atoms with E-state index in [0.717, 1.165) is 0 Å². The first-order chi connectivity index (χ1) is 7.32. The highest BCUT2D eigenvalue weighted by atomic mass is 35.5. The fourth-order valence-corrected chi connectivity index (χ4v) is 1.72. The maximum Gasteiger partial charge on any atom is 0.115 e. The molecule has 0 aromatic carbocycles. The van der Waals surface area contributed by atoms with E-state index in [-0.39, 0.29) is 0 Å². The summed E-state index contributed by atoms with van der Waals surface area (Å²) in [5.74, 6) is 0. The SMILES string of the molecule is CCn1ncc(Cl)c1C(O)C(C)(C)N(C)C. The molecule has 1 N–H and O–H groups in total. The van der Waals surface area contributed by atoms with Gasteiger partial charge in [0.15, 0.2) is 0 Å². The zero-order chi connectivity index (χ0) is 12.5. The van der Waals surface area contributed by atoms with Crippen molar-refractivity contribution in [3.8, 4) is 0 Å². The van der Waals surface area contributed by atoms with Crippen molar-refractivity contribution in [3.05, 3.63) is 16.9 Å². The first-order valence-electron chi connectivity index (χ1n) is 5.39. The number of aliphatic hydroxyl groups is 1. The number of aliphatic hydroxyl groups excluding tert-OH is 1. The van der Waals surface area contributed by atoms with Gasteiger partial charge in [-0.1, -0.05) is 11.6 Å². The molecule has 16 heavy (non-hydrogen) atoms. The molecule has 0 aliphatic rings. The van der Waals surface area contributed by atoms with Crippen LogP contribution in [-0.4, -0.2) is 39.4 Å². The third kappa shape index (κ3) is 2.24. The summed E-state index contributed by atoms with van der Waals surface area (Å²) in [6, 6.07) is 0. The lowest BCUT2D eigenvalue weighted by Gasteiger charge is -2.37. The molecule has 1 aromatic rings. The van der Waals surface area contributed by atoms with E-state index in [1.54, 1.807) is 10.9 Å². The quantitative estimate of drug-likeness (QED) is 0.882. The van der Waals surface area contributed by atoms with Crippen LogP contribution in [0.1, 0.15) is 32.6 Å². The molecule has 0 aliphatic carbocycles. The Morgan fingerprint density at radius 1 is 1.56 bits per heavy atom. The summed E-state index contributed by atoms with van der Waals surface area (Å²) in [4.78, 5) is 1.97. The zero-order valence-electron chi connectivity index (χ0n) is 10.5. The van der Waals surface area contributed by atoms with Crippen LogP contribution >= 0.6 is 11.6 Å². The number of likely N-dealkylation sites (N-methyl/N-ethyl adjacent to an activating group) is 1. The molecule has 1 heterocycles. The van der Waals surface area contributed by atoms with Gasteiger partial charge in [0, 0.05) is 12.1 Å². The molecule has 5 heteroatoms. The molecule has 0 saturated heterocycles. The van der Waals surface area contributed by atoms with Crippen LogP contribution in [0.2, 0.25) is 5.02 Å². The van der Waals surface area contributed by atoms with Crippen LogP contribution in [0, 0.1) is 0 Å². The van der Waals surface area contributed by atoms with Crippen LogP contribution in [-0.2, 0) is 6.54 Å². The highest BCUT2D eigenvalue weighted by Crippen LogP contribution is 2.33. The fraction of sp³-hybridized carbons (Fsp3) is 0.727. The Kier molecular flexibility index (Phi) is 3.99. The molecule has 0 bridgehead atoms. The third-order valence-electron chi connectivity index (χ3n) is 3.21. The van der Waals surface area contributed by atoms with Gasteiger partial charge < -0.3 is 10.0 Å². The van der Waals surface area contributed by atoms with E-state index in [4.69, 9.17) is 11.6 Å². The van der Waals surface area contributed by atoms with Crippen LogP contribution in [0.4, 0.5) is 0 Å². The standard InChI is InChI=1S/C11H20ClN3O/c1-6-15-9(8(12)7-13-15)10(16)11(2,3)14(4)5/h7,10,16H,6H2,1-5H3. The molecular weight excluding hydrogens is 226 g/mol. The number of halogens is 1. The van der Waals surface area contributed by atoms with Crippen molar-refractivity contribution in [2.75, 3.05) is 14.1 Å². The van der Waals surface area contributed by atoms with Gasteiger partial charge >= 0.3 is 0 Å². The molecule has 0 aliphatic heterocycles. The van der Waals surface area contributed by atoms with E-state index in [9.17, 15) is 5.11 Å². The first kappa shape index (κ1) is 13.5. The van der Waals surface area contributed by atoms with Crippen molar-refractivity contribution in [2.45, 2.75) is 39.0 Å². The van der Waals surface area contributed by atoms with Crippen molar-refractivity contribution in [2.24, 2.45) is 0 Å². The van der Waals surface area contributed by atoms with Gasteiger partial charge in [0.05, 0.1) is 16.9 Å². The second-order valence-corrected chi connectivity index (χ2v) is 5.05. The summed E-state index contributed by atoms with van der Waals surface area (Å²) < 4.78 is 1.73. The molecule has 0 spiro atoms. The van der Waals surface area contributed by atoms with Crippen LogP contribution in [0.25, 0.3) is 0 Å². The van der Waals surface area contributed by atoms with Crippen molar-refractivity contribution < 1.29 is 5.11 Å². The van der Waals surface area contributed by atoms with E-state index in [2.05, 4.69) is 5.10 Å². The number of nitrogens with zero attached hydrogens (tertiary/aromatic N) is 3. The average molecular weight is 246 g/mol. The van der Waals surface area contributed by atoms with Gasteiger partial charge in [-0.05, 0) is 34.9 Å². The molecule has 0 radical (unpaired) electrons. The van der Waals surface area contributed by atoms with E-state index in [0.29, 0.717) is 17.3 Å². The third-order valence-corrected chi connectivity index (χ3v) is 3.50. The minimum Gasteiger partial charge on any atom is -0.385 e. The number of rotatable bonds is 4. The van der Waals surface area contributed by atoms with Gasteiger partial charge in [-0.2, -0.15) is 5.10 Å². The Labute approximate surface area is 102 Å². The van der Waals surface area contributed by atoms with Crippen molar-refractivity contribution in [1.82, 2.24) is 14.7 Å². The van der Waals surface area contributed by atoms with Gasteiger partial charge in [0.1, 0.15) is 6.10 Å². The van der Waals surface area contributed by atoms with E-state index >= 15 is 0 Å². The van der Waals surface area contributed by atoms with Crippen molar-refractivity contribution >= 4 is 11.6 Å². The van der Waals surface area contributed by atoms with Gasteiger partial charge in [0.2, 0.25) is 0 Å². The maximum atomic E-state index is 10.4. The minimum atomic E-state index is -0.669. The largest absolute Gasteiger partial charge is 0.385 e.